The zero-order chi connectivity index (χ0) is 24.0. The SMILES string of the molecule is O=c1c(O)c(-c2ccc(O[C@@H]3O[C@H](CO)[C@@H](O)[C@H](O)[C@@H]3O)c(O)c2)oc2cc(O)cc(O)c12. The number of aromatic hydroxyl groups is 4. The molecule has 0 amide bonds. The van der Waals surface area contributed by atoms with Crippen LogP contribution in [0.2, 0.25) is 0 Å². The highest BCUT2D eigenvalue weighted by molar-refractivity contribution is 5.88. The third-order valence-corrected chi connectivity index (χ3v) is 5.25. The van der Waals surface area contributed by atoms with E-state index in [4.69, 9.17) is 13.9 Å². The highest BCUT2D eigenvalue weighted by Crippen LogP contribution is 2.39. The standard InChI is InChI=1S/C21H20O12/c22-6-13-15(26)17(28)19(30)21(33-13)32-11-2-1-7(3-9(11)24)20-18(29)16(27)14-10(25)4-8(23)5-12(14)31-20/h1-5,13,15,17,19,21-26,28-30H,6H2/t13-,15-,17+,19+,21-/m1/s1. The van der Waals surface area contributed by atoms with Crippen LogP contribution in [0.3, 0.4) is 0 Å². The number of phenolic OH excluding ortho intramolecular Hbond substituents is 3. The van der Waals surface area contributed by atoms with Gasteiger partial charge in [0.25, 0.3) is 0 Å². The first-order valence-corrected chi connectivity index (χ1v) is 9.64. The van der Waals surface area contributed by atoms with Crippen LogP contribution >= 0.6 is 0 Å². The fourth-order valence-electron chi connectivity index (χ4n) is 3.52. The van der Waals surface area contributed by atoms with Crippen LogP contribution in [0, 0.1) is 0 Å². The third-order valence-electron chi connectivity index (χ3n) is 5.25. The van der Waals surface area contributed by atoms with E-state index in [-0.39, 0.29) is 33.8 Å². The van der Waals surface area contributed by atoms with Crippen LogP contribution in [0.1, 0.15) is 0 Å². The van der Waals surface area contributed by atoms with Crippen LogP contribution in [0.15, 0.2) is 39.5 Å². The first-order chi connectivity index (χ1) is 15.6. The van der Waals surface area contributed by atoms with Gasteiger partial charge in [0.15, 0.2) is 17.3 Å². The number of phenols is 3. The molecule has 1 aliphatic heterocycles. The molecule has 33 heavy (non-hydrogen) atoms. The van der Waals surface area contributed by atoms with Crippen LogP contribution in [0.5, 0.6) is 28.7 Å². The number of hydrogen-bond acceptors (Lipinski definition) is 12. The largest absolute Gasteiger partial charge is 0.508 e. The summed E-state index contributed by atoms with van der Waals surface area (Å²) in [6, 6.07) is 5.51. The molecule has 0 saturated carbocycles. The van der Waals surface area contributed by atoms with E-state index < -0.39 is 60.0 Å². The Morgan fingerprint density at radius 2 is 1.64 bits per heavy atom. The van der Waals surface area contributed by atoms with Gasteiger partial charge in [-0.05, 0) is 18.2 Å². The van der Waals surface area contributed by atoms with Gasteiger partial charge in [-0.2, -0.15) is 0 Å². The summed E-state index contributed by atoms with van der Waals surface area (Å²) < 4.78 is 16.1. The lowest BCUT2D eigenvalue weighted by atomic mass is 9.99. The fraction of sp³-hybridized carbons (Fsp3) is 0.286. The lowest BCUT2D eigenvalue weighted by Gasteiger charge is -2.39. The maximum absolute atomic E-state index is 12.5. The van der Waals surface area contributed by atoms with Crippen LogP contribution in [0.4, 0.5) is 0 Å². The minimum Gasteiger partial charge on any atom is -0.508 e. The predicted molar refractivity (Wildman–Crippen MR) is 109 cm³/mol. The van der Waals surface area contributed by atoms with Gasteiger partial charge in [0, 0.05) is 17.7 Å². The Hall–Kier alpha value is -3.55. The number of hydrogen-bond donors (Lipinski definition) is 8. The summed E-state index contributed by atoms with van der Waals surface area (Å²) in [5, 5.41) is 78.8. The molecule has 12 heteroatoms. The van der Waals surface area contributed by atoms with Crippen molar-refractivity contribution in [2.75, 3.05) is 6.61 Å². The van der Waals surface area contributed by atoms with Crippen molar-refractivity contribution in [1.82, 2.24) is 0 Å². The van der Waals surface area contributed by atoms with E-state index >= 15 is 0 Å². The zero-order valence-corrected chi connectivity index (χ0v) is 16.7. The van der Waals surface area contributed by atoms with Gasteiger partial charge in [-0.15, -0.1) is 0 Å². The molecule has 176 valence electrons. The maximum atomic E-state index is 12.5. The molecule has 1 aliphatic rings. The summed E-state index contributed by atoms with van der Waals surface area (Å²) in [5.74, 6) is -2.97. The molecule has 2 aromatic carbocycles. The molecule has 0 unspecified atom stereocenters. The summed E-state index contributed by atoms with van der Waals surface area (Å²) in [7, 11) is 0. The number of ether oxygens (including phenoxy) is 2. The smallest absolute Gasteiger partial charge is 0.238 e. The Bertz CT molecular complexity index is 1250. The second-order valence-corrected chi connectivity index (χ2v) is 7.44. The Morgan fingerprint density at radius 1 is 0.909 bits per heavy atom. The molecule has 12 nitrogen and oxygen atoms in total. The molecule has 0 spiro atoms. The molecule has 3 aromatic rings. The van der Waals surface area contributed by atoms with E-state index in [1.165, 1.54) is 12.1 Å². The normalized spacial score (nSPS) is 25.3. The minimum absolute atomic E-state index is 0.0213. The van der Waals surface area contributed by atoms with Crippen LogP contribution in [-0.2, 0) is 4.74 Å². The van der Waals surface area contributed by atoms with E-state index in [2.05, 4.69) is 0 Å². The zero-order valence-electron chi connectivity index (χ0n) is 16.7. The molecule has 0 aliphatic carbocycles. The highest BCUT2D eigenvalue weighted by Gasteiger charge is 2.45. The summed E-state index contributed by atoms with van der Waals surface area (Å²) in [6.45, 7) is -0.666. The van der Waals surface area contributed by atoms with Gasteiger partial charge in [0.1, 0.15) is 46.9 Å². The van der Waals surface area contributed by atoms with Gasteiger partial charge in [-0.1, -0.05) is 0 Å². The van der Waals surface area contributed by atoms with Crippen molar-refractivity contribution < 1.29 is 54.7 Å². The number of aliphatic hydroxyl groups excluding tert-OH is 4. The minimum atomic E-state index is -1.70. The molecular formula is C21H20O12. The van der Waals surface area contributed by atoms with Gasteiger partial charge in [0.2, 0.25) is 17.5 Å². The van der Waals surface area contributed by atoms with E-state index in [1.54, 1.807) is 0 Å². The molecular weight excluding hydrogens is 444 g/mol. The third kappa shape index (κ3) is 3.90. The van der Waals surface area contributed by atoms with E-state index in [9.17, 15) is 45.6 Å². The van der Waals surface area contributed by atoms with Crippen molar-refractivity contribution in [3.05, 3.63) is 40.6 Å². The monoisotopic (exact) mass is 464 g/mol. The topological polar surface area (TPSA) is 211 Å². The molecule has 0 radical (unpaired) electrons. The molecule has 2 heterocycles. The summed E-state index contributed by atoms with van der Waals surface area (Å²) in [5.41, 5.74) is -1.16. The second-order valence-electron chi connectivity index (χ2n) is 7.44. The lowest BCUT2D eigenvalue weighted by Crippen LogP contribution is -2.60. The van der Waals surface area contributed by atoms with Gasteiger partial charge in [-0.25, -0.2) is 0 Å². The Kier molecular flexibility index (Phi) is 5.78. The van der Waals surface area contributed by atoms with Crippen LogP contribution in [-0.4, -0.2) is 78.2 Å². The molecule has 8 N–H and O–H groups in total. The lowest BCUT2D eigenvalue weighted by molar-refractivity contribution is -0.277. The predicted octanol–water partition coefficient (Wildman–Crippen LogP) is -0.539. The van der Waals surface area contributed by atoms with E-state index in [1.807, 2.05) is 0 Å². The molecule has 0 bridgehead atoms. The number of aliphatic hydroxyl groups is 4. The van der Waals surface area contributed by atoms with Crippen molar-refractivity contribution in [1.29, 1.82) is 0 Å². The Balaban J connectivity index is 1.68. The van der Waals surface area contributed by atoms with Crippen molar-refractivity contribution in [2.45, 2.75) is 30.7 Å². The molecule has 5 atom stereocenters. The Labute approximate surface area is 184 Å². The first-order valence-electron chi connectivity index (χ1n) is 9.64. The van der Waals surface area contributed by atoms with E-state index in [0.29, 0.717) is 0 Å². The second kappa shape index (κ2) is 8.42. The molecule has 4 rings (SSSR count). The molecule has 1 aromatic heterocycles. The van der Waals surface area contributed by atoms with Crippen molar-refractivity contribution >= 4 is 11.0 Å². The van der Waals surface area contributed by atoms with Gasteiger partial charge in [0.05, 0.1) is 6.61 Å². The van der Waals surface area contributed by atoms with Crippen LogP contribution < -0.4 is 10.2 Å². The number of rotatable bonds is 4. The average Bonchev–Trinajstić information content (AvgIpc) is 2.77. The highest BCUT2D eigenvalue weighted by atomic mass is 16.7. The Morgan fingerprint density at radius 3 is 2.30 bits per heavy atom. The van der Waals surface area contributed by atoms with Crippen molar-refractivity contribution in [3.8, 4) is 40.1 Å². The van der Waals surface area contributed by atoms with Crippen molar-refractivity contribution in [3.63, 3.8) is 0 Å². The molecule has 1 fully saturated rings. The fourth-order valence-corrected chi connectivity index (χ4v) is 3.52. The quantitative estimate of drug-likeness (QED) is 0.245. The van der Waals surface area contributed by atoms with Crippen molar-refractivity contribution in [2.24, 2.45) is 0 Å². The first kappa shape index (κ1) is 22.6. The number of fused-ring (bicyclic) bond motifs is 1. The van der Waals surface area contributed by atoms with E-state index in [0.717, 1.165) is 18.2 Å². The average molecular weight is 464 g/mol. The van der Waals surface area contributed by atoms with Gasteiger partial charge >= 0.3 is 0 Å². The number of benzene rings is 2. The summed E-state index contributed by atoms with van der Waals surface area (Å²) in [6.07, 6.45) is -7.73. The summed E-state index contributed by atoms with van der Waals surface area (Å²) >= 11 is 0. The summed E-state index contributed by atoms with van der Waals surface area (Å²) in [4.78, 5) is 12.5. The van der Waals surface area contributed by atoms with Crippen LogP contribution in [0.25, 0.3) is 22.3 Å². The van der Waals surface area contributed by atoms with Gasteiger partial charge < -0.3 is 54.7 Å². The maximum Gasteiger partial charge on any atom is 0.238 e. The van der Waals surface area contributed by atoms with Gasteiger partial charge in [-0.3, -0.25) is 4.79 Å². The molecule has 1 saturated heterocycles.